The number of rotatable bonds is 3. The van der Waals surface area contributed by atoms with Crippen LogP contribution in [-0.2, 0) is 4.79 Å². The number of piperazine rings is 1. The van der Waals surface area contributed by atoms with Crippen molar-refractivity contribution in [2.75, 3.05) is 26.2 Å². The van der Waals surface area contributed by atoms with Crippen LogP contribution in [0.3, 0.4) is 0 Å². The van der Waals surface area contributed by atoms with E-state index in [4.69, 9.17) is 0 Å². The van der Waals surface area contributed by atoms with Gasteiger partial charge in [-0.05, 0) is 57.2 Å². The van der Waals surface area contributed by atoms with Gasteiger partial charge in [0.15, 0.2) is 0 Å². The van der Waals surface area contributed by atoms with E-state index in [-0.39, 0.29) is 0 Å². The summed E-state index contributed by atoms with van der Waals surface area (Å²) in [7, 11) is 0. The Balaban J connectivity index is 1.67. The number of nitrogens with zero attached hydrogens (tertiary/aromatic N) is 2. The summed E-state index contributed by atoms with van der Waals surface area (Å²) >= 11 is 0. The Hall–Kier alpha value is -1.35. The largest absolute Gasteiger partial charge is 0.340 e. The fraction of sp³-hybridized carbons (Fsp3) is 0.632. The second-order valence-electron chi connectivity index (χ2n) is 7.12. The van der Waals surface area contributed by atoms with Crippen LogP contribution in [0.2, 0.25) is 0 Å². The molecule has 2 aliphatic rings. The van der Waals surface area contributed by atoms with Crippen LogP contribution in [0.4, 0.5) is 0 Å². The van der Waals surface area contributed by atoms with Crippen LogP contribution in [0.5, 0.6) is 0 Å². The quantitative estimate of drug-likeness (QED) is 0.855. The second kappa shape index (κ2) is 6.04. The first-order valence-corrected chi connectivity index (χ1v) is 8.58. The van der Waals surface area contributed by atoms with Gasteiger partial charge in [0, 0.05) is 38.1 Å². The molecule has 0 spiro atoms. The molecule has 120 valence electrons. The number of hydrogen-bond acceptors (Lipinski definition) is 2. The van der Waals surface area contributed by atoms with Crippen molar-refractivity contribution in [1.29, 1.82) is 0 Å². The van der Waals surface area contributed by atoms with Crippen molar-refractivity contribution >= 4 is 5.91 Å². The first-order chi connectivity index (χ1) is 10.5. The van der Waals surface area contributed by atoms with Crippen LogP contribution < -0.4 is 0 Å². The third-order valence-corrected chi connectivity index (χ3v) is 5.26. The SMILES string of the molecule is Cc1cc(C)c([C@@H](C)N2CCN(C(=O)C3CC3)CC2)c(C)c1. The van der Waals surface area contributed by atoms with Gasteiger partial charge < -0.3 is 4.90 Å². The van der Waals surface area contributed by atoms with Crippen LogP contribution in [0, 0.1) is 26.7 Å². The second-order valence-corrected chi connectivity index (χ2v) is 7.12. The molecule has 1 aromatic carbocycles. The maximum atomic E-state index is 12.2. The van der Waals surface area contributed by atoms with Crippen molar-refractivity contribution in [1.82, 2.24) is 9.80 Å². The standard InChI is InChI=1S/C19H28N2O/c1-13-11-14(2)18(15(3)12-13)16(4)20-7-9-21(10-8-20)19(22)17-5-6-17/h11-12,16-17H,5-10H2,1-4H3/t16-/m1/s1. The van der Waals surface area contributed by atoms with Gasteiger partial charge in [-0.15, -0.1) is 0 Å². The molecular weight excluding hydrogens is 272 g/mol. The van der Waals surface area contributed by atoms with Gasteiger partial charge in [-0.3, -0.25) is 9.69 Å². The topological polar surface area (TPSA) is 23.6 Å². The van der Waals surface area contributed by atoms with Crippen LogP contribution >= 0.6 is 0 Å². The van der Waals surface area contributed by atoms with Crippen molar-refractivity contribution < 1.29 is 4.79 Å². The summed E-state index contributed by atoms with van der Waals surface area (Å²) in [5.41, 5.74) is 5.58. The Bertz CT molecular complexity index is 546. The fourth-order valence-electron chi connectivity index (χ4n) is 3.95. The minimum atomic E-state index is 0.352. The zero-order valence-electron chi connectivity index (χ0n) is 14.4. The Labute approximate surface area is 134 Å². The van der Waals surface area contributed by atoms with Gasteiger partial charge in [-0.1, -0.05) is 17.7 Å². The van der Waals surface area contributed by atoms with Crippen molar-refractivity contribution in [2.24, 2.45) is 5.92 Å². The molecule has 0 aromatic heterocycles. The lowest BCUT2D eigenvalue weighted by atomic mass is 9.93. The number of aryl methyl sites for hydroxylation is 3. The van der Waals surface area contributed by atoms with E-state index in [0.29, 0.717) is 17.9 Å². The van der Waals surface area contributed by atoms with Crippen molar-refractivity contribution in [3.63, 3.8) is 0 Å². The highest BCUT2D eigenvalue weighted by molar-refractivity contribution is 5.81. The van der Waals surface area contributed by atoms with Crippen molar-refractivity contribution in [3.05, 3.63) is 34.4 Å². The molecule has 0 radical (unpaired) electrons. The lowest BCUT2D eigenvalue weighted by Crippen LogP contribution is -2.49. The van der Waals surface area contributed by atoms with Crippen LogP contribution in [-0.4, -0.2) is 41.9 Å². The lowest BCUT2D eigenvalue weighted by Gasteiger charge is -2.39. The molecule has 1 amide bonds. The molecule has 3 nitrogen and oxygen atoms in total. The molecule has 3 rings (SSSR count). The highest BCUT2D eigenvalue weighted by Crippen LogP contribution is 2.32. The van der Waals surface area contributed by atoms with Crippen LogP contribution in [0.1, 0.15) is 48.1 Å². The third-order valence-electron chi connectivity index (χ3n) is 5.26. The Morgan fingerprint density at radius 1 is 1.05 bits per heavy atom. The summed E-state index contributed by atoms with van der Waals surface area (Å²) in [4.78, 5) is 16.8. The van der Waals surface area contributed by atoms with Gasteiger partial charge >= 0.3 is 0 Å². The number of carbonyl (C=O) groups is 1. The van der Waals surface area contributed by atoms with E-state index in [1.54, 1.807) is 0 Å². The van der Waals surface area contributed by atoms with E-state index in [1.807, 2.05) is 0 Å². The van der Waals surface area contributed by atoms with Gasteiger partial charge in [-0.25, -0.2) is 0 Å². The highest BCUT2D eigenvalue weighted by atomic mass is 16.2. The van der Waals surface area contributed by atoms with E-state index in [0.717, 1.165) is 39.0 Å². The number of hydrogen-bond donors (Lipinski definition) is 0. The smallest absolute Gasteiger partial charge is 0.225 e. The van der Waals surface area contributed by atoms with Gasteiger partial charge in [0.1, 0.15) is 0 Å². The van der Waals surface area contributed by atoms with E-state index >= 15 is 0 Å². The molecule has 1 atom stereocenters. The first kappa shape index (κ1) is 15.5. The minimum absolute atomic E-state index is 0.352. The Morgan fingerprint density at radius 3 is 2.09 bits per heavy atom. The summed E-state index contributed by atoms with van der Waals surface area (Å²) in [5, 5.41) is 0. The summed E-state index contributed by atoms with van der Waals surface area (Å²) in [5.74, 6) is 0.751. The summed E-state index contributed by atoms with van der Waals surface area (Å²) < 4.78 is 0. The molecule has 1 aliphatic heterocycles. The summed E-state index contributed by atoms with van der Waals surface area (Å²) in [6.07, 6.45) is 2.22. The Morgan fingerprint density at radius 2 is 1.59 bits per heavy atom. The molecule has 1 aromatic rings. The molecule has 22 heavy (non-hydrogen) atoms. The molecule has 0 unspecified atom stereocenters. The van der Waals surface area contributed by atoms with Crippen LogP contribution in [0.25, 0.3) is 0 Å². The zero-order valence-corrected chi connectivity index (χ0v) is 14.4. The predicted molar refractivity (Wildman–Crippen MR) is 89.9 cm³/mol. The Kier molecular flexibility index (Phi) is 4.26. The fourth-order valence-corrected chi connectivity index (χ4v) is 3.95. The normalized spacial score (nSPS) is 21.0. The number of carbonyl (C=O) groups excluding carboxylic acids is 1. The zero-order chi connectivity index (χ0) is 15.9. The maximum Gasteiger partial charge on any atom is 0.225 e. The molecular formula is C19H28N2O. The molecule has 1 heterocycles. The van der Waals surface area contributed by atoms with Crippen molar-refractivity contribution in [3.8, 4) is 0 Å². The average Bonchev–Trinajstić information content (AvgIpc) is 3.30. The lowest BCUT2D eigenvalue weighted by molar-refractivity contribution is -0.134. The first-order valence-electron chi connectivity index (χ1n) is 8.58. The monoisotopic (exact) mass is 300 g/mol. The van der Waals surface area contributed by atoms with E-state index in [2.05, 4.69) is 49.6 Å². The van der Waals surface area contributed by atoms with E-state index in [1.165, 1.54) is 22.3 Å². The molecule has 2 fully saturated rings. The summed E-state index contributed by atoms with van der Waals surface area (Å²) in [6, 6.07) is 5.00. The van der Waals surface area contributed by atoms with Gasteiger partial charge in [0.2, 0.25) is 5.91 Å². The van der Waals surface area contributed by atoms with Gasteiger partial charge in [0.05, 0.1) is 0 Å². The third kappa shape index (κ3) is 3.05. The molecule has 0 bridgehead atoms. The molecule has 1 aliphatic carbocycles. The predicted octanol–water partition coefficient (Wildman–Crippen LogP) is 3.23. The number of benzene rings is 1. The molecule has 1 saturated heterocycles. The van der Waals surface area contributed by atoms with Gasteiger partial charge in [0.25, 0.3) is 0 Å². The van der Waals surface area contributed by atoms with Crippen molar-refractivity contribution in [2.45, 2.75) is 46.6 Å². The molecule has 1 saturated carbocycles. The van der Waals surface area contributed by atoms with Gasteiger partial charge in [-0.2, -0.15) is 0 Å². The van der Waals surface area contributed by atoms with Crippen LogP contribution in [0.15, 0.2) is 12.1 Å². The maximum absolute atomic E-state index is 12.2. The molecule has 3 heteroatoms. The van der Waals surface area contributed by atoms with E-state index < -0.39 is 0 Å². The molecule has 0 N–H and O–H groups in total. The van der Waals surface area contributed by atoms with E-state index in [9.17, 15) is 4.79 Å². The number of amides is 1. The average molecular weight is 300 g/mol. The summed E-state index contributed by atoms with van der Waals surface area (Å²) in [6.45, 7) is 12.7. The highest BCUT2D eigenvalue weighted by Gasteiger charge is 2.35. The minimum Gasteiger partial charge on any atom is -0.340 e.